The first kappa shape index (κ1) is 37.1. The number of aromatic hydroxyl groups is 1. The van der Waals surface area contributed by atoms with Gasteiger partial charge in [-0.05, 0) is 56.5 Å². The fraction of sp³-hybridized carbons (Fsp3) is 0.361. The van der Waals surface area contributed by atoms with Gasteiger partial charge < -0.3 is 35.8 Å². The van der Waals surface area contributed by atoms with Gasteiger partial charge in [-0.25, -0.2) is 9.59 Å². The molecule has 12 heteroatoms. The number of benzene rings is 3. The van der Waals surface area contributed by atoms with Crippen LogP contribution >= 0.6 is 0 Å². The Labute approximate surface area is 280 Å². The van der Waals surface area contributed by atoms with E-state index in [1.54, 1.807) is 88.4 Å². The van der Waals surface area contributed by atoms with Crippen LogP contribution in [-0.4, -0.2) is 71.8 Å². The molecule has 0 aliphatic carbocycles. The van der Waals surface area contributed by atoms with Crippen LogP contribution in [0.3, 0.4) is 0 Å². The molecule has 3 aromatic rings. The Balaban J connectivity index is 1.83. The Hall–Kier alpha value is -5.39. The number of phenolic OH excluding ortho intramolecular Hbond substituents is 1. The summed E-state index contributed by atoms with van der Waals surface area (Å²) in [6.07, 6.45) is -0.533. The van der Waals surface area contributed by atoms with E-state index in [0.717, 1.165) is 11.1 Å². The van der Waals surface area contributed by atoms with Crippen molar-refractivity contribution in [1.82, 2.24) is 21.3 Å². The Morgan fingerprint density at radius 2 is 1.12 bits per heavy atom. The Kier molecular flexibility index (Phi) is 14.0. The van der Waals surface area contributed by atoms with Gasteiger partial charge in [-0.2, -0.15) is 0 Å². The van der Waals surface area contributed by atoms with Gasteiger partial charge >= 0.3 is 12.1 Å². The molecule has 0 saturated heterocycles. The van der Waals surface area contributed by atoms with Gasteiger partial charge in [0.25, 0.3) is 0 Å². The van der Waals surface area contributed by atoms with Crippen LogP contribution in [0.25, 0.3) is 0 Å². The number of carbonyl (C=O) groups excluding carboxylic acids is 5. The van der Waals surface area contributed by atoms with E-state index in [-0.39, 0.29) is 31.6 Å². The van der Waals surface area contributed by atoms with E-state index >= 15 is 0 Å². The second-order valence-corrected chi connectivity index (χ2v) is 12.1. The second kappa shape index (κ2) is 18.1. The zero-order valence-corrected chi connectivity index (χ0v) is 27.7. The predicted octanol–water partition coefficient (Wildman–Crippen LogP) is 2.96. The van der Waals surface area contributed by atoms with E-state index in [0.29, 0.717) is 5.56 Å². The van der Waals surface area contributed by atoms with Crippen LogP contribution in [0.4, 0.5) is 4.79 Å². The highest BCUT2D eigenvalue weighted by atomic mass is 16.6. The van der Waals surface area contributed by atoms with Gasteiger partial charge in [-0.3, -0.25) is 14.4 Å². The summed E-state index contributed by atoms with van der Waals surface area (Å²) in [6, 6.07) is 20.9. The largest absolute Gasteiger partial charge is 0.508 e. The number of esters is 1. The minimum Gasteiger partial charge on any atom is -0.508 e. The maximum atomic E-state index is 13.8. The predicted molar refractivity (Wildman–Crippen MR) is 179 cm³/mol. The summed E-state index contributed by atoms with van der Waals surface area (Å²) >= 11 is 0. The number of carbonyl (C=O) groups is 5. The van der Waals surface area contributed by atoms with Crippen LogP contribution in [0, 0.1) is 0 Å². The Morgan fingerprint density at radius 1 is 0.667 bits per heavy atom. The first-order chi connectivity index (χ1) is 22.8. The summed E-state index contributed by atoms with van der Waals surface area (Å²) < 4.78 is 10.4. The molecule has 0 heterocycles. The average Bonchev–Trinajstić information content (AvgIpc) is 3.04. The highest BCUT2D eigenvalue weighted by molar-refractivity contribution is 5.94. The quantitative estimate of drug-likeness (QED) is 0.155. The van der Waals surface area contributed by atoms with Crippen LogP contribution in [0.1, 0.15) is 44.4 Å². The Morgan fingerprint density at radius 3 is 1.62 bits per heavy atom. The molecule has 0 aliphatic rings. The van der Waals surface area contributed by atoms with Crippen molar-refractivity contribution in [3.63, 3.8) is 0 Å². The Bertz CT molecular complexity index is 1510. The number of rotatable bonds is 15. The molecule has 4 amide bonds. The van der Waals surface area contributed by atoms with E-state index in [1.807, 2.05) is 12.1 Å². The van der Waals surface area contributed by atoms with Crippen molar-refractivity contribution in [3.05, 3.63) is 102 Å². The number of nitrogens with one attached hydrogen (secondary N) is 4. The molecule has 0 spiro atoms. The third-order valence-corrected chi connectivity index (χ3v) is 6.91. The van der Waals surface area contributed by atoms with Gasteiger partial charge in [0, 0.05) is 19.3 Å². The van der Waals surface area contributed by atoms with Gasteiger partial charge in [0.15, 0.2) is 0 Å². The molecule has 3 atom stereocenters. The number of phenols is 1. The van der Waals surface area contributed by atoms with Gasteiger partial charge in [0.2, 0.25) is 17.7 Å². The van der Waals surface area contributed by atoms with Crippen molar-refractivity contribution in [2.24, 2.45) is 0 Å². The molecule has 3 aromatic carbocycles. The first-order valence-electron chi connectivity index (χ1n) is 15.7. The number of alkyl carbamates (subject to hydrolysis) is 1. The van der Waals surface area contributed by atoms with Crippen LogP contribution < -0.4 is 21.3 Å². The molecule has 0 fully saturated rings. The molecular formula is C36H44N4O8. The zero-order valence-electron chi connectivity index (χ0n) is 27.7. The maximum absolute atomic E-state index is 13.8. The minimum absolute atomic E-state index is 0.0545. The summed E-state index contributed by atoms with van der Waals surface area (Å²) in [5.41, 5.74) is 1.40. The van der Waals surface area contributed by atoms with E-state index < -0.39 is 60.1 Å². The van der Waals surface area contributed by atoms with Gasteiger partial charge in [-0.1, -0.05) is 72.8 Å². The highest BCUT2D eigenvalue weighted by Crippen LogP contribution is 2.13. The standard InChI is InChI=1S/C36H44N4O8/c1-5-47-34(45)30(22-26-16-18-27(41)19-17-26)40-33(44)29(21-25-14-10-7-11-15-25)39-32(43)28(20-24-12-8-6-9-13-24)38-31(42)23-37-35(46)48-36(2,3)4/h6-19,28-30,41H,5,20-23H2,1-4H3,(H,37,46)(H,38,42)(H,39,43)(H,40,44)/t28-,29+,30-/m1/s1. The first-order valence-corrected chi connectivity index (χ1v) is 15.7. The van der Waals surface area contributed by atoms with Gasteiger partial charge in [-0.15, -0.1) is 0 Å². The summed E-state index contributed by atoms with van der Waals surface area (Å²) in [5.74, 6) is -2.53. The van der Waals surface area contributed by atoms with Crippen molar-refractivity contribution < 1.29 is 38.6 Å². The second-order valence-electron chi connectivity index (χ2n) is 12.1. The molecule has 3 rings (SSSR count). The highest BCUT2D eigenvalue weighted by Gasteiger charge is 2.31. The molecule has 256 valence electrons. The molecule has 5 N–H and O–H groups in total. The maximum Gasteiger partial charge on any atom is 0.408 e. The molecule has 0 aliphatic heterocycles. The van der Waals surface area contributed by atoms with Crippen molar-refractivity contribution >= 4 is 29.8 Å². The molecule has 0 radical (unpaired) electrons. The molecule has 48 heavy (non-hydrogen) atoms. The van der Waals surface area contributed by atoms with E-state index in [2.05, 4.69) is 21.3 Å². The lowest BCUT2D eigenvalue weighted by Crippen LogP contribution is -2.57. The van der Waals surface area contributed by atoms with Crippen molar-refractivity contribution in [2.45, 2.75) is 70.7 Å². The normalized spacial score (nSPS) is 12.8. The topological polar surface area (TPSA) is 172 Å². The molecular weight excluding hydrogens is 616 g/mol. The van der Waals surface area contributed by atoms with Crippen LogP contribution in [0.2, 0.25) is 0 Å². The molecule has 0 unspecified atom stereocenters. The molecule has 0 aromatic heterocycles. The van der Waals surface area contributed by atoms with E-state index in [1.165, 1.54) is 12.1 Å². The summed E-state index contributed by atoms with van der Waals surface area (Å²) in [6.45, 7) is 6.38. The summed E-state index contributed by atoms with van der Waals surface area (Å²) in [5, 5.41) is 20.2. The zero-order chi connectivity index (χ0) is 35.1. The molecule has 0 bridgehead atoms. The van der Waals surface area contributed by atoms with Crippen LogP contribution in [0.15, 0.2) is 84.9 Å². The summed E-state index contributed by atoms with van der Waals surface area (Å²) in [7, 11) is 0. The average molecular weight is 661 g/mol. The van der Waals surface area contributed by atoms with Crippen molar-refractivity contribution in [3.8, 4) is 5.75 Å². The number of hydrogen-bond acceptors (Lipinski definition) is 8. The number of amides is 4. The molecule has 12 nitrogen and oxygen atoms in total. The lowest BCUT2D eigenvalue weighted by molar-refractivity contribution is -0.147. The summed E-state index contributed by atoms with van der Waals surface area (Å²) in [4.78, 5) is 65.5. The fourth-order valence-corrected chi connectivity index (χ4v) is 4.68. The number of ether oxygens (including phenoxy) is 2. The van der Waals surface area contributed by atoms with Crippen LogP contribution in [0.5, 0.6) is 5.75 Å². The van der Waals surface area contributed by atoms with Gasteiger partial charge in [0.1, 0.15) is 36.0 Å². The van der Waals surface area contributed by atoms with Crippen LogP contribution in [-0.2, 0) is 47.9 Å². The molecule has 0 saturated carbocycles. The van der Waals surface area contributed by atoms with Gasteiger partial charge in [0.05, 0.1) is 6.61 Å². The minimum atomic E-state index is -1.15. The van der Waals surface area contributed by atoms with E-state index in [9.17, 15) is 29.1 Å². The SMILES string of the molecule is CCOC(=O)[C@@H](Cc1ccc(O)cc1)NC(=O)[C@H](Cc1ccccc1)NC(=O)[C@@H](Cc1ccccc1)NC(=O)CNC(=O)OC(C)(C)C. The third-order valence-electron chi connectivity index (χ3n) is 6.91. The smallest absolute Gasteiger partial charge is 0.408 e. The lowest BCUT2D eigenvalue weighted by atomic mass is 10.0. The van der Waals surface area contributed by atoms with Crippen molar-refractivity contribution in [1.29, 1.82) is 0 Å². The monoisotopic (exact) mass is 660 g/mol. The van der Waals surface area contributed by atoms with Crippen molar-refractivity contribution in [2.75, 3.05) is 13.2 Å². The lowest BCUT2D eigenvalue weighted by Gasteiger charge is -2.25. The number of hydrogen-bond donors (Lipinski definition) is 5. The fourth-order valence-electron chi connectivity index (χ4n) is 4.68. The third kappa shape index (κ3) is 13.1. The van der Waals surface area contributed by atoms with E-state index in [4.69, 9.17) is 9.47 Å².